The number of hydrogen-bond donors (Lipinski definition) is 3. The fourth-order valence-corrected chi connectivity index (χ4v) is 7.47. The molecular weight excluding hydrogens is 378 g/mol. The smallest absolute Gasteiger partial charge is 0.252 e. The highest BCUT2D eigenvalue weighted by atomic mass is 16.5. The summed E-state index contributed by atoms with van der Waals surface area (Å²) < 4.78 is 7.11. The number of benzene rings is 1. The molecule has 5 N–H and O–H groups in total. The van der Waals surface area contributed by atoms with Gasteiger partial charge in [-0.2, -0.15) is 0 Å². The van der Waals surface area contributed by atoms with E-state index >= 15 is 0 Å². The summed E-state index contributed by atoms with van der Waals surface area (Å²) in [5.41, 5.74) is 14.6. The number of hydrogen-bond acceptors (Lipinski definition) is 4. The van der Waals surface area contributed by atoms with Gasteiger partial charge in [0.25, 0.3) is 5.91 Å². The molecule has 4 aliphatic rings. The van der Waals surface area contributed by atoms with E-state index in [-0.39, 0.29) is 22.8 Å². The molecular formula is C24H33N3O3. The molecule has 2 saturated carbocycles. The largest absolute Gasteiger partial charge is 0.486 e. The van der Waals surface area contributed by atoms with Gasteiger partial charge in [-0.25, -0.2) is 0 Å². The maximum atomic E-state index is 12.4. The van der Waals surface area contributed by atoms with Crippen LogP contribution in [0.25, 0.3) is 0 Å². The van der Waals surface area contributed by atoms with E-state index in [4.69, 9.17) is 16.2 Å². The SMILES string of the molecule is C[C@H]1CC[C@H]2C(C)(C)C[C@@H](N)C[C@]23Oc2c(c(C(N)=O)cc4c2CNC4=O)C[C@]13C. The molecule has 0 radical (unpaired) electrons. The van der Waals surface area contributed by atoms with Crippen LogP contribution < -0.4 is 21.5 Å². The Morgan fingerprint density at radius 2 is 1.93 bits per heavy atom. The summed E-state index contributed by atoms with van der Waals surface area (Å²) in [7, 11) is 0. The van der Waals surface area contributed by atoms with Crippen LogP contribution in [0.2, 0.25) is 0 Å². The maximum absolute atomic E-state index is 12.4. The molecule has 30 heavy (non-hydrogen) atoms. The highest BCUT2D eigenvalue weighted by Crippen LogP contribution is 2.66. The van der Waals surface area contributed by atoms with Crippen LogP contribution in [0.1, 0.15) is 85.2 Å². The standard InChI is InChI=1S/C24H33N3O3/c1-12-5-6-18-22(2,3)8-13(25)9-24(18)23(12,4)10-16-14(20(26)28)7-15-17(19(16)30-24)11-27-21(15)29/h7,12-13,18H,5-6,8-11,25H2,1-4H3,(H2,26,28)(H,27,29)/t12-,13+,18-,23+,24-/m0/s1. The second kappa shape index (κ2) is 6.00. The first kappa shape index (κ1) is 19.9. The Morgan fingerprint density at radius 1 is 1.20 bits per heavy atom. The van der Waals surface area contributed by atoms with E-state index in [0.717, 1.165) is 43.2 Å². The van der Waals surface area contributed by atoms with Gasteiger partial charge in [0.2, 0.25) is 5.91 Å². The molecule has 6 nitrogen and oxygen atoms in total. The van der Waals surface area contributed by atoms with Crippen LogP contribution in [-0.4, -0.2) is 23.5 Å². The van der Waals surface area contributed by atoms with Gasteiger partial charge in [0.05, 0.1) is 0 Å². The van der Waals surface area contributed by atoms with E-state index in [1.165, 1.54) is 0 Å². The molecule has 2 heterocycles. The summed E-state index contributed by atoms with van der Waals surface area (Å²) in [6.45, 7) is 9.70. The average molecular weight is 412 g/mol. The first-order valence-electron chi connectivity index (χ1n) is 11.2. The fraction of sp³-hybridized carbons (Fsp3) is 0.667. The Labute approximate surface area is 178 Å². The minimum atomic E-state index is -0.502. The fourth-order valence-electron chi connectivity index (χ4n) is 7.47. The third-order valence-corrected chi connectivity index (χ3v) is 9.05. The van der Waals surface area contributed by atoms with Crippen molar-refractivity contribution in [1.82, 2.24) is 5.32 Å². The van der Waals surface area contributed by atoms with E-state index in [2.05, 4.69) is 33.0 Å². The number of nitrogens with two attached hydrogens (primary N) is 2. The van der Waals surface area contributed by atoms with Crippen molar-refractivity contribution in [2.45, 2.75) is 78.0 Å². The molecule has 2 fully saturated rings. The van der Waals surface area contributed by atoms with Crippen molar-refractivity contribution in [2.75, 3.05) is 0 Å². The predicted octanol–water partition coefficient (Wildman–Crippen LogP) is 2.90. The third kappa shape index (κ3) is 2.34. The van der Waals surface area contributed by atoms with Crippen molar-refractivity contribution in [3.63, 3.8) is 0 Å². The molecule has 1 spiro atoms. The van der Waals surface area contributed by atoms with E-state index < -0.39 is 11.5 Å². The van der Waals surface area contributed by atoms with Crippen LogP contribution in [0.5, 0.6) is 5.75 Å². The van der Waals surface area contributed by atoms with E-state index in [0.29, 0.717) is 35.3 Å². The van der Waals surface area contributed by atoms with Gasteiger partial charge in [0.15, 0.2) is 0 Å². The van der Waals surface area contributed by atoms with Crippen molar-refractivity contribution in [3.8, 4) is 5.75 Å². The number of carbonyl (C=O) groups excluding carboxylic acids is 2. The molecule has 2 aliphatic carbocycles. The lowest BCUT2D eigenvalue weighted by molar-refractivity contribution is -0.214. The van der Waals surface area contributed by atoms with E-state index in [1.807, 2.05) is 0 Å². The molecule has 1 aromatic carbocycles. The van der Waals surface area contributed by atoms with Gasteiger partial charge in [0, 0.05) is 52.6 Å². The molecule has 5 atom stereocenters. The second-order valence-corrected chi connectivity index (χ2v) is 11.1. The average Bonchev–Trinajstić information content (AvgIpc) is 3.00. The molecule has 0 aromatic heterocycles. The van der Waals surface area contributed by atoms with Crippen LogP contribution in [-0.2, 0) is 13.0 Å². The summed E-state index contributed by atoms with van der Waals surface area (Å²) in [5, 5.41) is 2.89. The first-order chi connectivity index (χ1) is 14.0. The molecule has 0 bridgehead atoms. The summed E-state index contributed by atoms with van der Waals surface area (Å²) in [6, 6.07) is 1.74. The van der Waals surface area contributed by atoms with Crippen LogP contribution >= 0.6 is 0 Å². The first-order valence-corrected chi connectivity index (χ1v) is 11.2. The third-order valence-electron chi connectivity index (χ3n) is 9.05. The minimum absolute atomic E-state index is 0.0644. The molecule has 5 rings (SSSR count). The number of fused-ring (bicyclic) bond motifs is 3. The molecule has 1 aromatic rings. The number of primary amides is 1. The van der Waals surface area contributed by atoms with Crippen molar-refractivity contribution in [2.24, 2.45) is 34.1 Å². The number of ether oxygens (including phenoxy) is 1. The Morgan fingerprint density at radius 3 is 2.63 bits per heavy atom. The zero-order valence-electron chi connectivity index (χ0n) is 18.4. The molecule has 2 amide bonds. The number of nitrogens with one attached hydrogen (secondary N) is 1. The molecule has 2 aliphatic heterocycles. The second-order valence-electron chi connectivity index (χ2n) is 11.1. The van der Waals surface area contributed by atoms with Gasteiger partial charge in [-0.15, -0.1) is 0 Å². The Hall–Kier alpha value is -2.08. The summed E-state index contributed by atoms with van der Waals surface area (Å²) in [4.78, 5) is 24.8. The minimum Gasteiger partial charge on any atom is -0.486 e. The predicted molar refractivity (Wildman–Crippen MR) is 114 cm³/mol. The lowest BCUT2D eigenvalue weighted by Gasteiger charge is -2.67. The van der Waals surface area contributed by atoms with Crippen LogP contribution in [0.4, 0.5) is 0 Å². The van der Waals surface area contributed by atoms with Crippen molar-refractivity contribution in [3.05, 3.63) is 28.3 Å². The van der Waals surface area contributed by atoms with Gasteiger partial charge in [-0.3, -0.25) is 9.59 Å². The topological polar surface area (TPSA) is 107 Å². The van der Waals surface area contributed by atoms with Gasteiger partial charge >= 0.3 is 0 Å². The van der Waals surface area contributed by atoms with Crippen LogP contribution in [0.3, 0.4) is 0 Å². The maximum Gasteiger partial charge on any atom is 0.252 e. The molecule has 6 heteroatoms. The van der Waals surface area contributed by atoms with E-state index in [9.17, 15) is 9.59 Å². The number of amides is 2. The normalized spacial score (nSPS) is 38.4. The summed E-state index contributed by atoms with van der Waals surface area (Å²) >= 11 is 0. The summed E-state index contributed by atoms with van der Waals surface area (Å²) in [5.74, 6) is 0.839. The van der Waals surface area contributed by atoms with Crippen molar-refractivity contribution < 1.29 is 14.3 Å². The van der Waals surface area contributed by atoms with Gasteiger partial charge in [-0.05, 0) is 43.1 Å². The van der Waals surface area contributed by atoms with Crippen LogP contribution in [0, 0.1) is 22.7 Å². The molecule has 0 saturated heterocycles. The van der Waals surface area contributed by atoms with Crippen molar-refractivity contribution in [1.29, 1.82) is 0 Å². The zero-order valence-corrected chi connectivity index (χ0v) is 18.4. The highest BCUT2D eigenvalue weighted by Gasteiger charge is 2.67. The van der Waals surface area contributed by atoms with E-state index in [1.54, 1.807) is 6.07 Å². The quantitative estimate of drug-likeness (QED) is 0.660. The number of rotatable bonds is 1. The van der Waals surface area contributed by atoms with Gasteiger partial charge in [-0.1, -0.05) is 27.7 Å². The Balaban J connectivity index is 1.78. The lowest BCUT2D eigenvalue weighted by Crippen LogP contribution is -2.71. The zero-order chi connectivity index (χ0) is 21.6. The number of carbonyl (C=O) groups is 2. The Bertz CT molecular complexity index is 971. The van der Waals surface area contributed by atoms with Crippen molar-refractivity contribution >= 4 is 11.8 Å². The lowest BCUT2D eigenvalue weighted by atomic mass is 9.43. The molecule has 162 valence electrons. The van der Waals surface area contributed by atoms with Gasteiger partial charge in [0.1, 0.15) is 11.4 Å². The Kier molecular flexibility index (Phi) is 3.97. The monoisotopic (exact) mass is 411 g/mol. The van der Waals surface area contributed by atoms with Gasteiger partial charge < -0.3 is 21.5 Å². The summed E-state index contributed by atoms with van der Waals surface area (Å²) in [6.07, 6.45) is 4.76. The molecule has 0 unspecified atom stereocenters. The van der Waals surface area contributed by atoms with Crippen LogP contribution in [0.15, 0.2) is 6.07 Å². The highest BCUT2D eigenvalue weighted by molar-refractivity contribution is 6.04.